The van der Waals surface area contributed by atoms with Gasteiger partial charge in [-0.15, -0.1) is 0 Å². The summed E-state index contributed by atoms with van der Waals surface area (Å²) in [4.78, 5) is 3.78. The molecule has 6 heteroatoms. The predicted octanol–water partition coefficient (Wildman–Crippen LogP) is 3.46. The third-order valence-electron chi connectivity index (χ3n) is 1.55. The molecule has 1 rings (SSSR count). The van der Waals surface area contributed by atoms with E-state index in [0.717, 1.165) is 0 Å². The first-order valence-corrected chi connectivity index (χ1v) is 4.66. The van der Waals surface area contributed by atoms with Crippen molar-refractivity contribution >= 4 is 11.6 Å². The largest absolute Gasteiger partial charge is 0.478 e. The van der Waals surface area contributed by atoms with Crippen molar-refractivity contribution in [2.24, 2.45) is 0 Å². The number of halogens is 4. The van der Waals surface area contributed by atoms with Crippen LogP contribution < -0.4 is 4.74 Å². The van der Waals surface area contributed by atoms with Gasteiger partial charge >= 0.3 is 6.18 Å². The molecule has 84 valence electrons. The highest BCUT2D eigenvalue weighted by Crippen LogP contribution is 2.21. The zero-order valence-corrected chi connectivity index (χ0v) is 8.48. The molecular formula is C9H9ClF3NO. The second kappa shape index (κ2) is 5.21. The molecule has 15 heavy (non-hydrogen) atoms. The van der Waals surface area contributed by atoms with Crippen LogP contribution in [-0.4, -0.2) is 17.8 Å². The monoisotopic (exact) mass is 239 g/mol. The molecule has 1 aromatic rings. The van der Waals surface area contributed by atoms with Crippen LogP contribution in [0.25, 0.3) is 0 Å². The highest BCUT2D eigenvalue weighted by Gasteiger charge is 2.26. The van der Waals surface area contributed by atoms with E-state index in [-0.39, 0.29) is 18.9 Å². The van der Waals surface area contributed by atoms with E-state index in [1.165, 1.54) is 12.3 Å². The minimum absolute atomic E-state index is 0.00581. The molecule has 0 saturated carbocycles. The molecule has 1 heterocycles. The quantitative estimate of drug-likeness (QED) is 0.751. The molecule has 1 aromatic heterocycles. The van der Waals surface area contributed by atoms with Crippen molar-refractivity contribution in [1.29, 1.82) is 0 Å². The highest BCUT2D eigenvalue weighted by atomic mass is 35.5. The van der Waals surface area contributed by atoms with Crippen LogP contribution >= 0.6 is 11.6 Å². The molecule has 0 aliphatic rings. The van der Waals surface area contributed by atoms with E-state index >= 15 is 0 Å². The van der Waals surface area contributed by atoms with Gasteiger partial charge in [-0.2, -0.15) is 13.2 Å². The lowest BCUT2D eigenvalue weighted by Gasteiger charge is -2.07. The Bertz CT molecular complexity index is 299. The molecule has 0 aliphatic heterocycles. The maximum absolute atomic E-state index is 11.7. The summed E-state index contributed by atoms with van der Waals surface area (Å²) in [5.41, 5.74) is 0. The SMILES string of the molecule is FC(F)(F)CCCOc1ccc(Cl)cn1. The van der Waals surface area contributed by atoms with Gasteiger partial charge in [-0.25, -0.2) is 4.98 Å². The van der Waals surface area contributed by atoms with Gasteiger partial charge in [0, 0.05) is 18.7 Å². The van der Waals surface area contributed by atoms with E-state index in [9.17, 15) is 13.2 Å². The van der Waals surface area contributed by atoms with Crippen LogP contribution in [0.2, 0.25) is 5.02 Å². The number of pyridine rings is 1. The standard InChI is InChI=1S/C9H9ClF3NO/c10-7-2-3-8(14-6-7)15-5-1-4-9(11,12)13/h2-3,6H,1,4-5H2. The smallest absolute Gasteiger partial charge is 0.389 e. The van der Waals surface area contributed by atoms with Gasteiger partial charge in [0.05, 0.1) is 11.6 Å². The van der Waals surface area contributed by atoms with Gasteiger partial charge in [0.15, 0.2) is 0 Å². The first-order chi connectivity index (χ1) is 6.97. The molecule has 0 bridgehead atoms. The summed E-state index contributed by atoms with van der Waals surface area (Å²) in [5.74, 6) is 0.279. The maximum atomic E-state index is 11.7. The number of hydrogen-bond donors (Lipinski definition) is 0. The molecule has 0 radical (unpaired) electrons. The van der Waals surface area contributed by atoms with Crippen LogP contribution in [-0.2, 0) is 0 Å². The Morgan fingerprint density at radius 3 is 2.60 bits per heavy atom. The van der Waals surface area contributed by atoms with Crippen LogP contribution in [0.4, 0.5) is 13.2 Å². The lowest BCUT2D eigenvalue weighted by Crippen LogP contribution is -2.09. The average Bonchev–Trinajstić information content (AvgIpc) is 2.14. The van der Waals surface area contributed by atoms with E-state index in [4.69, 9.17) is 16.3 Å². The third kappa shape index (κ3) is 5.47. The first-order valence-electron chi connectivity index (χ1n) is 4.28. The zero-order valence-electron chi connectivity index (χ0n) is 7.72. The van der Waals surface area contributed by atoms with Crippen molar-refractivity contribution in [3.63, 3.8) is 0 Å². The average molecular weight is 240 g/mol. The van der Waals surface area contributed by atoms with E-state index in [1.807, 2.05) is 0 Å². The molecule has 0 saturated heterocycles. The summed E-state index contributed by atoms with van der Waals surface area (Å²) in [6.45, 7) is -0.00581. The molecule has 0 aromatic carbocycles. The Balaban J connectivity index is 2.23. The Labute approximate surface area is 90.0 Å². The van der Waals surface area contributed by atoms with Crippen molar-refractivity contribution in [2.45, 2.75) is 19.0 Å². The maximum Gasteiger partial charge on any atom is 0.389 e. The van der Waals surface area contributed by atoms with Crippen molar-refractivity contribution in [1.82, 2.24) is 4.98 Å². The summed E-state index contributed by atoms with van der Waals surface area (Å²) in [5, 5.41) is 0.456. The molecular weight excluding hydrogens is 231 g/mol. The fraction of sp³-hybridized carbons (Fsp3) is 0.444. The first kappa shape index (κ1) is 12.1. The summed E-state index contributed by atoms with van der Waals surface area (Å²) < 4.78 is 40.2. The second-order valence-electron chi connectivity index (χ2n) is 2.88. The minimum Gasteiger partial charge on any atom is -0.478 e. The Kier molecular flexibility index (Phi) is 4.20. The molecule has 0 amide bonds. The fourth-order valence-corrected chi connectivity index (χ4v) is 1.01. The van der Waals surface area contributed by atoms with Crippen LogP contribution in [0, 0.1) is 0 Å². The predicted molar refractivity (Wildman–Crippen MR) is 50.0 cm³/mol. The Morgan fingerprint density at radius 2 is 2.07 bits per heavy atom. The van der Waals surface area contributed by atoms with Crippen LogP contribution in [0.15, 0.2) is 18.3 Å². The van der Waals surface area contributed by atoms with E-state index in [2.05, 4.69) is 4.98 Å². The molecule has 0 spiro atoms. The van der Waals surface area contributed by atoms with Crippen molar-refractivity contribution < 1.29 is 17.9 Å². The van der Waals surface area contributed by atoms with E-state index in [0.29, 0.717) is 5.02 Å². The van der Waals surface area contributed by atoms with Crippen molar-refractivity contribution in [3.05, 3.63) is 23.4 Å². The highest BCUT2D eigenvalue weighted by molar-refractivity contribution is 6.30. The van der Waals surface area contributed by atoms with Gasteiger partial charge in [-0.3, -0.25) is 0 Å². The van der Waals surface area contributed by atoms with E-state index < -0.39 is 12.6 Å². The number of nitrogens with zero attached hydrogens (tertiary/aromatic N) is 1. The van der Waals surface area contributed by atoms with Gasteiger partial charge in [0.25, 0.3) is 0 Å². The molecule has 0 N–H and O–H groups in total. The van der Waals surface area contributed by atoms with Gasteiger partial charge in [0.2, 0.25) is 5.88 Å². The van der Waals surface area contributed by atoms with Gasteiger partial charge in [-0.05, 0) is 12.5 Å². The van der Waals surface area contributed by atoms with Crippen molar-refractivity contribution in [2.75, 3.05) is 6.61 Å². The Hall–Kier alpha value is -0.970. The number of rotatable bonds is 4. The summed E-state index contributed by atoms with van der Waals surface area (Å²) >= 11 is 5.57. The fourth-order valence-electron chi connectivity index (χ4n) is 0.897. The molecule has 0 atom stereocenters. The number of aromatic nitrogens is 1. The lowest BCUT2D eigenvalue weighted by molar-refractivity contribution is -0.136. The zero-order chi connectivity index (χ0) is 11.3. The van der Waals surface area contributed by atoms with Crippen LogP contribution in [0.5, 0.6) is 5.88 Å². The third-order valence-corrected chi connectivity index (χ3v) is 1.78. The molecule has 0 aliphatic carbocycles. The number of hydrogen-bond acceptors (Lipinski definition) is 2. The topological polar surface area (TPSA) is 22.1 Å². The van der Waals surface area contributed by atoms with Crippen LogP contribution in [0.3, 0.4) is 0 Å². The summed E-state index contributed by atoms with van der Waals surface area (Å²) in [6, 6.07) is 3.07. The minimum atomic E-state index is -4.13. The lowest BCUT2D eigenvalue weighted by atomic mass is 10.3. The van der Waals surface area contributed by atoms with Crippen LogP contribution in [0.1, 0.15) is 12.8 Å². The Morgan fingerprint density at radius 1 is 1.33 bits per heavy atom. The number of ether oxygens (including phenoxy) is 1. The van der Waals surface area contributed by atoms with Crippen molar-refractivity contribution in [3.8, 4) is 5.88 Å². The van der Waals surface area contributed by atoms with Gasteiger partial charge < -0.3 is 4.74 Å². The second-order valence-corrected chi connectivity index (χ2v) is 3.32. The molecule has 0 unspecified atom stereocenters. The summed E-state index contributed by atoms with van der Waals surface area (Å²) in [6.07, 6.45) is -3.67. The number of alkyl halides is 3. The molecule has 2 nitrogen and oxygen atoms in total. The summed E-state index contributed by atoms with van der Waals surface area (Å²) in [7, 11) is 0. The van der Waals surface area contributed by atoms with E-state index in [1.54, 1.807) is 6.07 Å². The van der Waals surface area contributed by atoms with Gasteiger partial charge in [0.1, 0.15) is 0 Å². The normalized spacial score (nSPS) is 11.5. The molecule has 0 fully saturated rings. The van der Waals surface area contributed by atoms with Gasteiger partial charge in [-0.1, -0.05) is 11.6 Å².